The summed E-state index contributed by atoms with van der Waals surface area (Å²) in [5, 5.41) is 0. The van der Waals surface area contributed by atoms with Gasteiger partial charge in [-0.1, -0.05) is 30.3 Å². The normalized spacial score (nSPS) is 24.0. The first-order valence-corrected chi connectivity index (χ1v) is 7.62. The smallest absolute Gasteiger partial charge is 0.303 e. The van der Waals surface area contributed by atoms with Crippen molar-refractivity contribution in [1.29, 1.82) is 0 Å². The van der Waals surface area contributed by atoms with Crippen molar-refractivity contribution in [3.8, 4) is 0 Å². The van der Waals surface area contributed by atoms with Crippen LogP contribution in [-0.2, 0) is 35.1 Å². The molecule has 0 aromatic heterocycles. The summed E-state index contributed by atoms with van der Waals surface area (Å²) in [5.74, 6) is -0.826. The maximum absolute atomic E-state index is 11.2. The molecule has 0 amide bonds. The molecular formula is C17H22O6. The zero-order valence-electron chi connectivity index (χ0n) is 13.4. The third kappa shape index (κ3) is 6.00. The summed E-state index contributed by atoms with van der Waals surface area (Å²) in [7, 11) is 0. The summed E-state index contributed by atoms with van der Waals surface area (Å²) < 4.78 is 21.7. The van der Waals surface area contributed by atoms with E-state index in [4.69, 9.17) is 18.9 Å². The Morgan fingerprint density at radius 1 is 1.09 bits per heavy atom. The van der Waals surface area contributed by atoms with E-state index < -0.39 is 24.1 Å². The van der Waals surface area contributed by atoms with E-state index >= 15 is 0 Å². The van der Waals surface area contributed by atoms with Crippen molar-refractivity contribution in [2.24, 2.45) is 0 Å². The van der Waals surface area contributed by atoms with E-state index in [1.54, 1.807) is 0 Å². The molecule has 1 fully saturated rings. The standard InChI is InChI=1S/C17H22O6/c1-12(18)22-16-8-15(21-11-17(16)23-13(2)19)10-20-9-14-6-4-3-5-7-14/h3-7,15-17H,8-11H2,1-2H3/t15-,16-,17-/m0/s1. The molecule has 0 saturated carbocycles. The fourth-order valence-electron chi connectivity index (χ4n) is 2.48. The zero-order chi connectivity index (χ0) is 16.7. The molecule has 0 unspecified atom stereocenters. The van der Waals surface area contributed by atoms with Gasteiger partial charge in [0.05, 0.1) is 25.9 Å². The first-order valence-electron chi connectivity index (χ1n) is 7.62. The summed E-state index contributed by atoms with van der Waals surface area (Å²) in [5.41, 5.74) is 1.08. The predicted molar refractivity (Wildman–Crippen MR) is 81.6 cm³/mol. The fourth-order valence-corrected chi connectivity index (χ4v) is 2.48. The Labute approximate surface area is 135 Å². The molecule has 1 aromatic carbocycles. The van der Waals surface area contributed by atoms with Crippen LogP contribution in [-0.4, -0.2) is 43.5 Å². The molecule has 1 saturated heterocycles. The number of hydrogen-bond acceptors (Lipinski definition) is 6. The van der Waals surface area contributed by atoms with Crippen LogP contribution in [0.4, 0.5) is 0 Å². The Balaban J connectivity index is 1.82. The van der Waals surface area contributed by atoms with Crippen molar-refractivity contribution in [2.75, 3.05) is 13.2 Å². The maximum Gasteiger partial charge on any atom is 0.303 e. The second-order valence-electron chi connectivity index (χ2n) is 5.49. The highest BCUT2D eigenvalue weighted by Gasteiger charge is 2.35. The predicted octanol–water partition coefficient (Wildman–Crippen LogP) is 1.86. The van der Waals surface area contributed by atoms with Crippen molar-refractivity contribution < 1.29 is 28.5 Å². The van der Waals surface area contributed by atoms with Crippen LogP contribution < -0.4 is 0 Å². The molecule has 1 heterocycles. The molecule has 6 nitrogen and oxygen atoms in total. The van der Waals surface area contributed by atoms with Crippen LogP contribution in [0.25, 0.3) is 0 Å². The lowest BCUT2D eigenvalue weighted by Crippen LogP contribution is -2.47. The molecular weight excluding hydrogens is 300 g/mol. The minimum Gasteiger partial charge on any atom is -0.458 e. The number of carbonyl (C=O) groups excluding carboxylic acids is 2. The highest BCUT2D eigenvalue weighted by Crippen LogP contribution is 2.21. The van der Waals surface area contributed by atoms with Gasteiger partial charge in [-0.25, -0.2) is 0 Å². The minimum absolute atomic E-state index is 0.191. The lowest BCUT2D eigenvalue weighted by molar-refractivity contribution is -0.191. The lowest BCUT2D eigenvalue weighted by Gasteiger charge is -2.34. The van der Waals surface area contributed by atoms with Crippen molar-refractivity contribution in [2.45, 2.75) is 45.2 Å². The van der Waals surface area contributed by atoms with E-state index in [9.17, 15) is 9.59 Å². The van der Waals surface area contributed by atoms with Gasteiger partial charge in [-0.05, 0) is 5.56 Å². The number of benzene rings is 1. The van der Waals surface area contributed by atoms with Crippen molar-refractivity contribution >= 4 is 11.9 Å². The van der Waals surface area contributed by atoms with Crippen LogP contribution in [0, 0.1) is 0 Å². The van der Waals surface area contributed by atoms with Crippen LogP contribution in [0.5, 0.6) is 0 Å². The van der Waals surface area contributed by atoms with E-state index in [0.717, 1.165) is 5.56 Å². The molecule has 0 radical (unpaired) electrons. The topological polar surface area (TPSA) is 71.1 Å². The van der Waals surface area contributed by atoms with Gasteiger partial charge in [0.2, 0.25) is 0 Å². The molecule has 0 N–H and O–H groups in total. The molecule has 0 spiro atoms. The van der Waals surface area contributed by atoms with E-state index in [1.807, 2.05) is 30.3 Å². The second-order valence-corrected chi connectivity index (χ2v) is 5.49. The van der Waals surface area contributed by atoms with Gasteiger partial charge in [0.15, 0.2) is 6.10 Å². The number of esters is 2. The van der Waals surface area contributed by atoms with Crippen LogP contribution in [0.3, 0.4) is 0 Å². The van der Waals surface area contributed by atoms with Gasteiger partial charge in [-0.3, -0.25) is 9.59 Å². The average molecular weight is 322 g/mol. The molecule has 126 valence electrons. The van der Waals surface area contributed by atoms with Gasteiger partial charge in [0.1, 0.15) is 6.10 Å². The SMILES string of the molecule is CC(=O)O[C@H]1CO[C@H](COCc2ccccc2)C[C@@H]1OC(C)=O. The molecule has 23 heavy (non-hydrogen) atoms. The number of rotatable bonds is 6. The zero-order valence-corrected chi connectivity index (χ0v) is 13.4. The Morgan fingerprint density at radius 3 is 2.39 bits per heavy atom. The first kappa shape index (κ1) is 17.4. The first-order chi connectivity index (χ1) is 11.0. The van der Waals surface area contributed by atoms with Crippen molar-refractivity contribution in [3.05, 3.63) is 35.9 Å². The third-order valence-corrected chi connectivity index (χ3v) is 3.46. The van der Waals surface area contributed by atoms with E-state index in [1.165, 1.54) is 13.8 Å². The Hall–Kier alpha value is -1.92. The minimum atomic E-state index is -0.568. The van der Waals surface area contributed by atoms with Gasteiger partial charge in [-0.2, -0.15) is 0 Å². The summed E-state index contributed by atoms with van der Waals surface area (Å²) in [4.78, 5) is 22.3. The average Bonchev–Trinajstić information content (AvgIpc) is 2.50. The van der Waals surface area contributed by atoms with Crippen LogP contribution in [0.15, 0.2) is 30.3 Å². The highest BCUT2D eigenvalue weighted by atomic mass is 16.6. The molecule has 0 bridgehead atoms. The molecule has 1 aliphatic heterocycles. The van der Waals surface area contributed by atoms with Crippen LogP contribution in [0.2, 0.25) is 0 Å². The van der Waals surface area contributed by atoms with Gasteiger partial charge < -0.3 is 18.9 Å². The van der Waals surface area contributed by atoms with Crippen LogP contribution in [0.1, 0.15) is 25.8 Å². The molecule has 2 rings (SSSR count). The Morgan fingerprint density at radius 2 is 1.74 bits per heavy atom. The second kappa shape index (κ2) is 8.64. The van der Waals surface area contributed by atoms with E-state index in [0.29, 0.717) is 19.6 Å². The quantitative estimate of drug-likeness (QED) is 0.745. The van der Waals surface area contributed by atoms with Crippen LogP contribution >= 0.6 is 0 Å². The fraction of sp³-hybridized carbons (Fsp3) is 0.529. The van der Waals surface area contributed by atoms with E-state index in [-0.39, 0.29) is 12.7 Å². The molecule has 1 aromatic rings. The van der Waals surface area contributed by atoms with Gasteiger partial charge >= 0.3 is 11.9 Å². The summed E-state index contributed by atoms with van der Waals surface area (Å²) >= 11 is 0. The number of carbonyl (C=O) groups is 2. The van der Waals surface area contributed by atoms with Crippen molar-refractivity contribution in [3.63, 3.8) is 0 Å². The Kier molecular flexibility index (Phi) is 6.55. The largest absolute Gasteiger partial charge is 0.458 e. The highest BCUT2D eigenvalue weighted by molar-refractivity contribution is 5.67. The summed E-state index contributed by atoms with van der Waals surface area (Å²) in [6.07, 6.45) is -0.834. The molecule has 0 aliphatic carbocycles. The molecule has 3 atom stereocenters. The third-order valence-electron chi connectivity index (χ3n) is 3.46. The number of ether oxygens (including phenoxy) is 4. The van der Waals surface area contributed by atoms with Gasteiger partial charge in [0.25, 0.3) is 0 Å². The number of hydrogen-bond donors (Lipinski definition) is 0. The molecule has 6 heteroatoms. The van der Waals surface area contributed by atoms with E-state index in [2.05, 4.69) is 0 Å². The Bertz CT molecular complexity index is 515. The summed E-state index contributed by atoms with van der Waals surface area (Å²) in [6, 6.07) is 9.83. The molecule has 1 aliphatic rings. The monoisotopic (exact) mass is 322 g/mol. The van der Waals surface area contributed by atoms with Gasteiger partial charge in [-0.15, -0.1) is 0 Å². The lowest BCUT2D eigenvalue weighted by atomic mass is 10.0. The van der Waals surface area contributed by atoms with Gasteiger partial charge in [0, 0.05) is 20.3 Å². The summed E-state index contributed by atoms with van der Waals surface area (Å²) in [6.45, 7) is 3.73. The maximum atomic E-state index is 11.2. The van der Waals surface area contributed by atoms with Crippen molar-refractivity contribution in [1.82, 2.24) is 0 Å².